The van der Waals surface area contributed by atoms with Crippen LogP contribution < -0.4 is 0 Å². The Kier molecular flexibility index (Phi) is 4.41. The highest BCUT2D eigenvalue weighted by molar-refractivity contribution is 5.14. The standard InChI is InChI=1S/C15H22O/c16-15-12-5-4-10-14(15)11-6-9-13-7-2-1-3-8-13/h1-3,7-8,14-16H,4-6,9-12H2/t14-,15-/m0/s1. The van der Waals surface area contributed by atoms with Gasteiger partial charge >= 0.3 is 0 Å². The Morgan fingerprint density at radius 1 is 1.06 bits per heavy atom. The van der Waals surface area contributed by atoms with Crippen LogP contribution in [0.25, 0.3) is 0 Å². The predicted molar refractivity (Wildman–Crippen MR) is 67.3 cm³/mol. The minimum absolute atomic E-state index is 0.0236. The zero-order chi connectivity index (χ0) is 11.2. The molecule has 0 amide bonds. The summed E-state index contributed by atoms with van der Waals surface area (Å²) in [7, 11) is 0. The second-order valence-electron chi connectivity index (χ2n) is 4.99. The molecule has 0 bridgehead atoms. The molecule has 1 aliphatic rings. The lowest BCUT2D eigenvalue weighted by Gasteiger charge is -2.27. The second kappa shape index (κ2) is 6.05. The fraction of sp³-hybridized carbons (Fsp3) is 0.600. The van der Waals surface area contributed by atoms with Gasteiger partial charge < -0.3 is 5.11 Å². The van der Waals surface area contributed by atoms with E-state index in [1.165, 1.54) is 37.7 Å². The Morgan fingerprint density at radius 3 is 2.56 bits per heavy atom. The van der Waals surface area contributed by atoms with Crippen LogP contribution in [0.3, 0.4) is 0 Å². The van der Waals surface area contributed by atoms with Gasteiger partial charge in [0.2, 0.25) is 0 Å². The van der Waals surface area contributed by atoms with Crippen LogP contribution >= 0.6 is 0 Å². The molecule has 1 aromatic rings. The van der Waals surface area contributed by atoms with Crippen molar-refractivity contribution in [2.45, 2.75) is 51.0 Å². The van der Waals surface area contributed by atoms with E-state index < -0.39 is 0 Å². The molecule has 2 rings (SSSR count). The van der Waals surface area contributed by atoms with Crippen LogP contribution in [0, 0.1) is 5.92 Å². The van der Waals surface area contributed by atoms with Crippen LogP contribution in [0.15, 0.2) is 30.3 Å². The van der Waals surface area contributed by atoms with Crippen LogP contribution in [-0.4, -0.2) is 11.2 Å². The number of benzene rings is 1. The van der Waals surface area contributed by atoms with Gasteiger partial charge in [0.05, 0.1) is 6.10 Å². The monoisotopic (exact) mass is 218 g/mol. The molecular formula is C15H22O. The minimum Gasteiger partial charge on any atom is -0.393 e. The largest absolute Gasteiger partial charge is 0.393 e. The van der Waals surface area contributed by atoms with E-state index >= 15 is 0 Å². The third-order valence-corrected chi connectivity index (χ3v) is 3.75. The summed E-state index contributed by atoms with van der Waals surface area (Å²) in [6.07, 6.45) is 8.32. The quantitative estimate of drug-likeness (QED) is 0.819. The lowest BCUT2D eigenvalue weighted by atomic mass is 9.83. The molecule has 88 valence electrons. The zero-order valence-corrected chi connectivity index (χ0v) is 9.94. The number of aryl methyl sites for hydroxylation is 1. The van der Waals surface area contributed by atoms with Gasteiger partial charge in [-0.1, -0.05) is 43.2 Å². The molecule has 2 atom stereocenters. The summed E-state index contributed by atoms with van der Waals surface area (Å²) in [6.45, 7) is 0. The van der Waals surface area contributed by atoms with Crippen molar-refractivity contribution in [3.63, 3.8) is 0 Å². The van der Waals surface area contributed by atoms with Gasteiger partial charge in [0, 0.05) is 0 Å². The maximum Gasteiger partial charge on any atom is 0.0568 e. The minimum atomic E-state index is -0.0236. The fourth-order valence-electron chi connectivity index (χ4n) is 2.74. The summed E-state index contributed by atoms with van der Waals surface area (Å²) in [5.41, 5.74) is 1.42. The first-order chi connectivity index (χ1) is 7.86. The van der Waals surface area contributed by atoms with E-state index in [9.17, 15) is 5.11 Å². The van der Waals surface area contributed by atoms with Crippen LogP contribution in [0.2, 0.25) is 0 Å². The first-order valence-electron chi connectivity index (χ1n) is 6.58. The van der Waals surface area contributed by atoms with Crippen molar-refractivity contribution >= 4 is 0 Å². The third kappa shape index (κ3) is 3.34. The number of hydrogen-bond acceptors (Lipinski definition) is 1. The molecular weight excluding hydrogens is 196 g/mol. The van der Waals surface area contributed by atoms with Gasteiger partial charge in [-0.05, 0) is 43.6 Å². The molecule has 1 fully saturated rings. The van der Waals surface area contributed by atoms with Gasteiger partial charge in [-0.3, -0.25) is 0 Å². The fourth-order valence-corrected chi connectivity index (χ4v) is 2.74. The Balaban J connectivity index is 1.71. The lowest BCUT2D eigenvalue weighted by molar-refractivity contribution is 0.0643. The molecule has 0 radical (unpaired) electrons. The van der Waals surface area contributed by atoms with Crippen molar-refractivity contribution in [3.8, 4) is 0 Å². The van der Waals surface area contributed by atoms with E-state index in [0.29, 0.717) is 5.92 Å². The SMILES string of the molecule is O[C@H]1CCCC[C@H]1CCCc1ccccc1. The van der Waals surface area contributed by atoms with Crippen molar-refractivity contribution in [2.75, 3.05) is 0 Å². The molecule has 0 spiro atoms. The highest BCUT2D eigenvalue weighted by Gasteiger charge is 2.22. The average Bonchev–Trinajstić information content (AvgIpc) is 2.33. The van der Waals surface area contributed by atoms with Gasteiger partial charge in [-0.25, -0.2) is 0 Å². The highest BCUT2D eigenvalue weighted by atomic mass is 16.3. The summed E-state index contributed by atoms with van der Waals surface area (Å²) >= 11 is 0. The molecule has 0 heterocycles. The topological polar surface area (TPSA) is 20.2 Å². The number of rotatable bonds is 4. The van der Waals surface area contributed by atoms with E-state index in [-0.39, 0.29) is 6.10 Å². The molecule has 1 nitrogen and oxygen atoms in total. The molecule has 0 unspecified atom stereocenters. The van der Waals surface area contributed by atoms with E-state index in [0.717, 1.165) is 12.8 Å². The number of hydrogen-bond donors (Lipinski definition) is 1. The van der Waals surface area contributed by atoms with Crippen LogP contribution in [0.1, 0.15) is 44.1 Å². The Hall–Kier alpha value is -0.820. The maximum atomic E-state index is 9.87. The van der Waals surface area contributed by atoms with E-state index in [2.05, 4.69) is 30.3 Å². The van der Waals surface area contributed by atoms with Crippen LogP contribution in [-0.2, 0) is 6.42 Å². The Labute approximate surface area is 98.5 Å². The van der Waals surface area contributed by atoms with Gasteiger partial charge in [0.15, 0.2) is 0 Å². The van der Waals surface area contributed by atoms with E-state index in [4.69, 9.17) is 0 Å². The summed E-state index contributed by atoms with van der Waals surface area (Å²) in [5.74, 6) is 0.567. The van der Waals surface area contributed by atoms with Crippen LogP contribution in [0.4, 0.5) is 0 Å². The van der Waals surface area contributed by atoms with Gasteiger partial charge in [-0.15, -0.1) is 0 Å². The first-order valence-corrected chi connectivity index (χ1v) is 6.58. The van der Waals surface area contributed by atoms with Gasteiger partial charge in [0.1, 0.15) is 0 Å². The molecule has 1 aromatic carbocycles. The smallest absolute Gasteiger partial charge is 0.0568 e. The molecule has 1 heteroatoms. The maximum absolute atomic E-state index is 9.87. The Bertz CT molecular complexity index is 294. The molecule has 1 saturated carbocycles. The van der Waals surface area contributed by atoms with Gasteiger partial charge in [0.25, 0.3) is 0 Å². The number of aliphatic hydroxyl groups is 1. The van der Waals surface area contributed by atoms with Crippen LogP contribution in [0.5, 0.6) is 0 Å². The molecule has 1 aliphatic carbocycles. The molecule has 0 saturated heterocycles. The van der Waals surface area contributed by atoms with E-state index in [1.807, 2.05) is 0 Å². The summed E-state index contributed by atoms with van der Waals surface area (Å²) in [5, 5.41) is 9.87. The summed E-state index contributed by atoms with van der Waals surface area (Å²) < 4.78 is 0. The average molecular weight is 218 g/mol. The van der Waals surface area contributed by atoms with Crippen molar-refractivity contribution in [2.24, 2.45) is 5.92 Å². The van der Waals surface area contributed by atoms with Crippen molar-refractivity contribution in [1.82, 2.24) is 0 Å². The normalized spacial score (nSPS) is 25.6. The second-order valence-corrected chi connectivity index (χ2v) is 4.99. The first kappa shape index (κ1) is 11.7. The summed E-state index contributed by atoms with van der Waals surface area (Å²) in [6, 6.07) is 10.7. The highest BCUT2D eigenvalue weighted by Crippen LogP contribution is 2.28. The zero-order valence-electron chi connectivity index (χ0n) is 9.94. The molecule has 0 aromatic heterocycles. The van der Waals surface area contributed by atoms with Gasteiger partial charge in [-0.2, -0.15) is 0 Å². The van der Waals surface area contributed by atoms with Crippen molar-refractivity contribution in [3.05, 3.63) is 35.9 Å². The predicted octanol–water partition coefficient (Wildman–Crippen LogP) is 3.56. The Morgan fingerprint density at radius 2 is 1.81 bits per heavy atom. The number of aliphatic hydroxyl groups excluding tert-OH is 1. The molecule has 16 heavy (non-hydrogen) atoms. The summed E-state index contributed by atoms with van der Waals surface area (Å²) in [4.78, 5) is 0. The van der Waals surface area contributed by atoms with Crippen molar-refractivity contribution < 1.29 is 5.11 Å². The third-order valence-electron chi connectivity index (χ3n) is 3.75. The van der Waals surface area contributed by atoms with E-state index in [1.54, 1.807) is 0 Å². The lowest BCUT2D eigenvalue weighted by Crippen LogP contribution is -2.24. The molecule has 0 aliphatic heterocycles. The van der Waals surface area contributed by atoms with Crippen molar-refractivity contribution in [1.29, 1.82) is 0 Å². The molecule has 1 N–H and O–H groups in total.